The lowest BCUT2D eigenvalue weighted by Crippen LogP contribution is -2.48. The van der Waals surface area contributed by atoms with Crippen molar-refractivity contribution in [3.05, 3.63) is 64.7 Å². The first-order valence-corrected chi connectivity index (χ1v) is 16.6. The number of carbonyl (C=O) groups is 2. The average Bonchev–Trinajstić information content (AvgIpc) is 3.19. The second-order valence-corrected chi connectivity index (χ2v) is 12.7. The maximum Gasteiger partial charge on any atom is 0.309 e. The molecule has 2 bridgehead atoms. The second kappa shape index (κ2) is 16.6. The first-order chi connectivity index (χ1) is 20.0. The molecule has 5 nitrogen and oxygen atoms in total. The van der Waals surface area contributed by atoms with Crippen LogP contribution in [0.25, 0.3) is 0 Å². The van der Waals surface area contributed by atoms with Gasteiger partial charge < -0.3 is 10.1 Å². The zero-order chi connectivity index (χ0) is 29.0. The van der Waals surface area contributed by atoms with Crippen LogP contribution < -0.4 is 5.32 Å². The van der Waals surface area contributed by atoms with Crippen LogP contribution in [0.2, 0.25) is 5.02 Å². The summed E-state index contributed by atoms with van der Waals surface area (Å²) in [5.74, 6) is 0.958. The van der Waals surface area contributed by atoms with E-state index < -0.39 is 0 Å². The molecular formula is C34H47ClN2O3S. The van der Waals surface area contributed by atoms with E-state index in [9.17, 15) is 9.59 Å². The van der Waals surface area contributed by atoms with Crippen molar-refractivity contribution in [3.63, 3.8) is 0 Å². The standard InChI is InChI=1S/C34H47ClN2O3S/c1-37-29-19-20-31(37)33(26-13-15-27(35)16-14-26)30(24-29)34(39)40-22-21-25-11-17-28(18-12-25)36-32(38)10-8-6-4-2-3-5-7-9-23-41/h11-18,29-31,33,41H,2-10,19-24H2,1H3,(H,36,38)/t29-,30?,31+,33?/m1/s1. The molecule has 1 N–H and O–H groups in total. The summed E-state index contributed by atoms with van der Waals surface area (Å²) < 4.78 is 5.86. The molecule has 2 aliphatic rings. The van der Waals surface area contributed by atoms with Gasteiger partial charge >= 0.3 is 5.97 Å². The Labute approximate surface area is 257 Å². The number of hydrogen-bond donors (Lipinski definition) is 2. The van der Waals surface area contributed by atoms with Gasteiger partial charge in [0.2, 0.25) is 5.91 Å². The van der Waals surface area contributed by atoms with Crippen LogP contribution in [0.1, 0.15) is 94.1 Å². The molecule has 2 aliphatic heterocycles. The van der Waals surface area contributed by atoms with Crippen LogP contribution in [0.15, 0.2) is 48.5 Å². The number of anilines is 1. The van der Waals surface area contributed by atoms with Crippen LogP contribution in [0.4, 0.5) is 5.69 Å². The van der Waals surface area contributed by atoms with Crippen molar-refractivity contribution >= 4 is 41.8 Å². The van der Waals surface area contributed by atoms with Crippen LogP contribution in [0.3, 0.4) is 0 Å². The number of esters is 1. The number of nitrogens with one attached hydrogen (secondary N) is 1. The molecule has 0 radical (unpaired) electrons. The number of benzene rings is 2. The summed E-state index contributed by atoms with van der Waals surface area (Å²) in [6.45, 7) is 0.356. The minimum atomic E-state index is -0.134. The molecule has 0 aliphatic carbocycles. The summed E-state index contributed by atoms with van der Waals surface area (Å²) in [4.78, 5) is 28.1. The fraction of sp³-hybridized carbons (Fsp3) is 0.588. The van der Waals surface area contributed by atoms with Gasteiger partial charge in [0.15, 0.2) is 0 Å². The minimum absolute atomic E-state index is 0.0720. The van der Waals surface area contributed by atoms with E-state index in [1.807, 2.05) is 36.4 Å². The molecule has 224 valence electrons. The molecule has 0 spiro atoms. The number of piperidine rings is 1. The van der Waals surface area contributed by atoms with Gasteiger partial charge in [-0.05, 0) is 80.3 Å². The van der Waals surface area contributed by atoms with Gasteiger partial charge in [-0.25, -0.2) is 0 Å². The van der Waals surface area contributed by atoms with E-state index in [2.05, 4.69) is 42.0 Å². The Kier molecular flexibility index (Phi) is 12.9. The Bertz CT molecular complexity index is 1090. The topological polar surface area (TPSA) is 58.6 Å². The van der Waals surface area contributed by atoms with Gasteiger partial charge in [0.25, 0.3) is 0 Å². The number of unbranched alkanes of at least 4 members (excludes halogenated alkanes) is 7. The van der Waals surface area contributed by atoms with Gasteiger partial charge in [-0.15, -0.1) is 0 Å². The van der Waals surface area contributed by atoms with Crippen molar-refractivity contribution in [2.24, 2.45) is 5.92 Å². The molecule has 2 heterocycles. The third-order valence-electron chi connectivity index (χ3n) is 9.01. The number of amides is 1. The van der Waals surface area contributed by atoms with E-state index in [4.69, 9.17) is 16.3 Å². The zero-order valence-electron chi connectivity index (χ0n) is 24.5. The average molecular weight is 599 g/mol. The summed E-state index contributed by atoms with van der Waals surface area (Å²) in [6.07, 6.45) is 13.9. The molecule has 2 unspecified atom stereocenters. The number of likely N-dealkylation sites (N-methyl/N-ethyl adjacent to an activating group) is 1. The SMILES string of the molecule is CN1[C@@H]2CC[C@H]1C(c1ccc(Cl)cc1)C(C(=O)OCCc1ccc(NC(=O)CCCCCCCCCCS)cc1)C2. The monoisotopic (exact) mass is 598 g/mol. The molecule has 2 saturated heterocycles. The molecule has 1 amide bonds. The lowest BCUT2D eigenvalue weighted by molar-refractivity contribution is -0.152. The Hall–Kier alpha value is -2.02. The van der Waals surface area contributed by atoms with Gasteiger partial charge in [0.05, 0.1) is 12.5 Å². The van der Waals surface area contributed by atoms with Crippen molar-refractivity contribution in [1.82, 2.24) is 4.90 Å². The Morgan fingerprint density at radius 1 is 0.927 bits per heavy atom. The van der Waals surface area contributed by atoms with Crippen molar-refractivity contribution in [2.45, 2.75) is 101 Å². The summed E-state index contributed by atoms with van der Waals surface area (Å²) in [6, 6.07) is 16.6. The van der Waals surface area contributed by atoms with Gasteiger partial charge in [0, 0.05) is 41.6 Å². The van der Waals surface area contributed by atoms with Crippen LogP contribution in [0.5, 0.6) is 0 Å². The number of carbonyl (C=O) groups excluding carboxylic acids is 2. The lowest BCUT2D eigenvalue weighted by Gasteiger charge is -2.42. The molecular weight excluding hydrogens is 552 g/mol. The first kappa shape index (κ1) is 31.9. The van der Waals surface area contributed by atoms with Crippen LogP contribution in [-0.2, 0) is 20.7 Å². The summed E-state index contributed by atoms with van der Waals surface area (Å²) in [5, 5.41) is 3.72. The van der Waals surface area contributed by atoms with Crippen molar-refractivity contribution in [1.29, 1.82) is 0 Å². The minimum Gasteiger partial charge on any atom is -0.465 e. The quantitative estimate of drug-likeness (QED) is 0.116. The molecule has 0 aromatic heterocycles. The fourth-order valence-electron chi connectivity index (χ4n) is 6.66. The second-order valence-electron chi connectivity index (χ2n) is 11.8. The van der Waals surface area contributed by atoms with Crippen LogP contribution >= 0.6 is 24.2 Å². The largest absolute Gasteiger partial charge is 0.465 e. The number of thiol groups is 1. The normalized spacial score (nSPS) is 22.0. The van der Waals surface area contributed by atoms with Crippen LogP contribution in [0, 0.1) is 5.92 Å². The van der Waals surface area contributed by atoms with Crippen molar-refractivity contribution < 1.29 is 14.3 Å². The van der Waals surface area contributed by atoms with Crippen molar-refractivity contribution in [3.8, 4) is 0 Å². The highest BCUT2D eigenvalue weighted by Crippen LogP contribution is 2.47. The first-order valence-electron chi connectivity index (χ1n) is 15.6. The van der Waals surface area contributed by atoms with Gasteiger partial charge in [-0.2, -0.15) is 12.6 Å². The predicted octanol–water partition coefficient (Wildman–Crippen LogP) is 8.07. The van der Waals surface area contributed by atoms with Crippen LogP contribution in [-0.4, -0.2) is 48.3 Å². The molecule has 4 atom stereocenters. The van der Waals surface area contributed by atoms with Gasteiger partial charge in [0.1, 0.15) is 0 Å². The van der Waals surface area contributed by atoms with Gasteiger partial charge in [-0.3, -0.25) is 14.5 Å². The van der Waals surface area contributed by atoms with E-state index in [1.165, 1.54) is 44.1 Å². The fourth-order valence-corrected chi connectivity index (χ4v) is 7.01. The smallest absolute Gasteiger partial charge is 0.309 e. The molecule has 7 heteroatoms. The summed E-state index contributed by atoms with van der Waals surface area (Å²) in [5.41, 5.74) is 3.07. The lowest BCUT2D eigenvalue weighted by atomic mass is 9.76. The maximum absolute atomic E-state index is 13.3. The predicted molar refractivity (Wildman–Crippen MR) is 172 cm³/mol. The van der Waals surface area contributed by atoms with E-state index in [1.54, 1.807) is 0 Å². The molecule has 4 rings (SSSR count). The van der Waals surface area contributed by atoms with E-state index in [-0.39, 0.29) is 23.7 Å². The van der Waals surface area contributed by atoms with Gasteiger partial charge in [-0.1, -0.05) is 74.4 Å². The highest BCUT2D eigenvalue weighted by molar-refractivity contribution is 7.80. The number of nitrogens with zero attached hydrogens (tertiary/aromatic N) is 1. The number of halogens is 1. The third-order valence-corrected chi connectivity index (χ3v) is 9.58. The summed E-state index contributed by atoms with van der Waals surface area (Å²) in [7, 11) is 2.19. The number of hydrogen-bond acceptors (Lipinski definition) is 5. The number of ether oxygens (including phenoxy) is 1. The molecule has 0 saturated carbocycles. The maximum atomic E-state index is 13.3. The van der Waals surface area contributed by atoms with E-state index in [0.29, 0.717) is 36.6 Å². The van der Waals surface area contributed by atoms with Crippen molar-refractivity contribution in [2.75, 3.05) is 24.7 Å². The summed E-state index contributed by atoms with van der Waals surface area (Å²) >= 11 is 10.4. The number of rotatable bonds is 16. The third kappa shape index (κ3) is 9.49. The zero-order valence-corrected chi connectivity index (χ0v) is 26.2. The molecule has 2 fully saturated rings. The highest BCUT2D eigenvalue weighted by Gasteiger charge is 2.49. The Morgan fingerprint density at radius 3 is 2.27 bits per heavy atom. The highest BCUT2D eigenvalue weighted by atomic mass is 35.5. The number of fused-ring (bicyclic) bond motifs is 2. The van der Waals surface area contributed by atoms with E-state index in [0.717, 1.165) is 49.1 Å². The molecule has 41 heavy (non-hydrogen) atoms. The molecule has 2 aromatic rings. The Balaban J connectivity index is 1.17. The Morgan fingerprint density at radius 2 is 1.59 bits per heavy atom. The molecule has 2 aromatic carbocycles. The van der Waals surface area contributed by atoms with E-state index >= 15 is 0 Å².